The van der Waals surface area contributed by atoms with Crippen molar-refractivity contribution in [2.45, 2.75) is 19.8 Å². The Kier molecular flexibility index (Phi) is 6.59. The van der Waals surface area contributed by atoms with Gasteiger partial charge in [-0.15, -0.1) is 10.2 Å². The van der Waals surface area contributed by atoms with Crippen LogP contribution < -0.4 is 4.90 Å². The molecule has 2 aromatic rings. The number of pyridine rings is 1. The average molecular weight is 425 g/mol. The van der Waals surface area contributed by atoms with E-state index in [4.69, 9.17) is 4.74 Å². The fourth-order valence-electron chi connectivity index (χ4n) is 4.10. The van der Waals surface area contributed by atoms with Gasteiger partial charge >= 0.3 is 6.09 Å². The predicted octanol–water partition coefficient (Wildman–Crippen LogP) is 2.06. The van der Waals surface area contributed by atoms with E-state index in [1.165, 1.54) is 0 Å². The molecule has 0 spiro atoms. The van der Waals surface area contributed by atoms with Gasteiger partial charge in [0, 0.05) is 63.1 Å². The van der Waals surface area contributed by atoms with E-state index < -0.39 is 0 Å². The van der Waals surface area contributed by atoms with E-state index in [0.29, 0.717) is 32.8 Å². The topological polar surface area (TPSA) is 91.8 Å². The summed E-state index contributed by atoms with van der Waals surface area (Å²) in [6.07, 6.45) is 4.80. The lowest BCUT2D eigenvalue weighted by atomic mass is 9.95. The lowest BCUT2D eigenvalue weighted by Crippen LogP contribution is -2.53. The fraction of sp³-hybridized carbons (Fsp3) is 0.500. The van der Waals surface area contributed by atoms with Crippen molar-refractivity contribution in [1.82, 2.24) is 25.0 Å². The molecule has 0 aliphatic carbocycles. The highest BCUT2D eigenvalue weighted by atomic mass is 16.6. The average Bonchev–Trinajstić information content (AvgIpc) is 2.85. The number of carbonyl (C=O) groups is 2. The van der Waals surface area contributed by atoms with E-state index in [-0.39, 0.29) is 17.9 Å². The van der Waals surface area contributed by atoms with Gasteiger partial charge in [-0.3, -0.25) is 9.78 Å². The van der Waals surface area contributed by atoms with Crippen molar-refractivity contribution in [2.24, 2.45) is 5.92 Å². The summed E-state index contributed by atoms with van der Waals surface area (Å²) >= 11 is 0. The molecule has 164 valence electrons. The zero-order chi connectivity index (χ0) is 21.6. The molecule has 2 amide bonds. The number of amides is 2. The number of anilines is 1. The third-order valence-electron chi connectivity index (χ3n) is 5.89. The number of rotatable bonds is 4. The number of hydrogen-bond donors (Lipinski definition) is 0. The van der Waals surface area contributed by atoms with Gasteiger partial charge in [0.25, 0.3) is 0 Å². The minimum Gasteiger partial charge on any atom is -0.450 e. The lowest BCUT2D eigenvalue weighted by Gasteiger charge is -2.38. The standard InChI is InChI=1S/C22H28N6O3/c1-2-31-22(30)28-14-12-27(13-15-28)21(29)17-7-10-26(11-8-17)20-6-5-19(24-25-20)18-4-3-9-23-16-18/h3-6,9,16-17H,2,7-8,10-15H2,1H3. The Balaban J connectivity index is 1.27. The molecular formula is C22H28N6O3. The maximum absolute atomic E-state index is 12.9. The van der Waals surface area contributed by atoms with Crippen LogP contribution in [-0.4, -0.2) is 82.9 Å². The Bertz CT molecular complexity index is 876. The first kappa shape index (κ1) is 21.0. The highest BCUT2D eigenvalue weighted by Gasteiger charge is 2.32. The molecule has 0 aromatic carbocycles. The molecule has 0 N–H and O–H groups in total. The van der Waals surface area contributed by atoms with Gasteiger partial charge in [-0.05, 0) is 44.0 Å². The minimum absolute atomic E-state index is 0.0213. The summed E-state index contributed by atoms with van der Waals surface area (Å²) in [6.45, 7) is 5.92. The van der Waals surface area contributed by atoms with Gasteiger partial charge in [-0.2, -0.15) is 0 Å². The van der Waals surface area contributed by atoms with Crippen molar-refractivity contribution in [2.75, 3.05) is 50.8 Å². The minimum atomic E-state index is -0.293. The number of piperidine rings is 1. The second kappa shape index (κ2) is 9.72. The van der Waals surface area contributed by atoms with Gasteiger partial charge in [0.05, 0.1) is 12.3 Å². The van der Waals surface area contributed by atoms with Gasteiger partial charge in [-0.1, -0.05) is 0 Å². The molecule has 2 saturated heterocycles. The molecule has 2 aliphatic rings. The van der Waals surface area contributed by atoms with Gasteiger partial charge < -0.3 is 19.4 Å². The van der Waals surface area contributed by atoms with Gasteiger partial charge in [0.2, 0.25) is 5.91 Å². The lowest BCUT2D eigenvalue weighted by molar-refractivity contribution is -0.137. The normalized spacial score (nSPS) is 17.5. The Morgan fingerprint density at radius 3 is 2.35 bits per heavy atom. The van der Waals surface area contributed by atoms with Crippen LogP contribution in [0.3, 0.4) is 0 Å². The molecule has 4 heterocycles. The highest BCUT2D eigenvalue weighted by molar-refractivity contribution is 5.79. The van der Waals surface area contributed by atoms with Crippen molar-refractivity contribution >= 4 is 17.8 Å². The first-order valence-corrected chi connectivity index (χ1v) is 10.8. The molecule has 0 radical (unpaired) electrons. The van der Waals surface area contributed by atoms with Crippen LogP contribution in [0.4, 0.5) is 10.6 Å². The fourth-order valence-corrected chi connectivity index (χ4v) is 4.10. The molecule has 4 rings (SSSR count). The number of ether oxygens (including phenoxy) is 1. The van der Waals surface area contributed by atoms with Crippen LogP contribution in [0.5, 0.6) is 0 Å². The maximum Gasteiger partial charge on any atom is 0.409 e. The zero-order valence-electron chi connectivity index (χ0n) is 17.8. The highest BCUT2D eigenvalue weighted by Crippen LogP contribution is 2.25. The second-order valence-electron chi connectivity index (χ2n) is 7.79. The largest absolute Gasteiger partial charge is 0.450 e. The Morgan fingerprint density at radius 2 is 1.74 bits per heavy atom. The molecule has 2 fully saturated rings. The molecular weight excluding hydrogens is 396 g/mol. The van der Waals surface area contributed by atoms with Crippen molar-refractivity contribution in [1.29, 1.82) is 0 Å². The summed E-state index contributed by atoms with van der Waals surface area (Å²) in [4.78, 5) is 34.6. The van der Waals surface area contributed by atoms with Crippen LogP contribution in [0.25, 0.3) is 11.3 Å². The third-order valence-corrected chi connectivity index (χ3v) is 5.89. The van der Waals surface area contributed by atoms with E-state index in [9.17, 15) is 9.59 Å². The SMILES string of the molecule is CCOC(=O)N1CCN(C(=O)C2CCN(c3ccc(-c4cccnc4)nn3)CC2)CC1. The van der Waals surface area contributed by atoms with E-state index >= 15 is 0 Å². The van der Waals surface area contributed by atoms with Crippen molar-refractivity contribution in [3.8, 4) is 11.3 Å². The molecule has 0 saturated carbocycles. The predicted molar refractivity (Wildman–Crippen MR) is 115 cm³/mol. The van der Waals surface area contributed by atoms with Crippen molar-refractivity contribution in [3.63, 3.8) is 0 Å². The molecule has 9 heteroatoms. The summed E-state index contributed by atoms with van der Waals surface area (Å²) in [5, 5.41) is 8.72. The summed E-state index contributed by atoms with van der Waals surface area (Å²) < 4.78 is 5.04. The first-order valence-electron chi connectivity index (χ1n) is 10.8. The van der Waals surface area contributed by atoms with Gasteiger partial charge in [-0.25, -0.2) is 4.79 Å². The Hall–Kier alpha value is -3.23. The third kappa shape index (κ3) is 4.92. The Morgan fingerprint density at radius 1 is 1.00 bits per heavy atom. The van der Waals surface area contributed by atoms with Crippen LogP contribution in [0.2, 0.25) is 0 Å². The molecule has 9 nitrogen and oxygen atoms in total. The summed E-state index contributed by atoms with van der Waals surface area (Å²) in [6, 6.07) is 7.77. The summed E-state index contributed by atoms with van der Waals surface area (Å²) in [5.41, 5.74) is 1.73. The van der Waals surface area contributed by atoms with Crippen molar-refractivity contribution in [3.05, 3.63) is 36.7 Å². The van der Waals surface area contributed by atoms with Gasteiger partial charge in [0.1, 0.15) is 0 Å². The smallest absolute Gasteiger partial charge is 0.409 e. The number of nitrogens with zero attached hydrogens (tertiary/aromatic N) is 6. The van der Waals surface area contributed by atoms with Crippen LogP contribution in [0.15, 0.2) is 36.7 Å². The molecule has 0 unspecified atom stereocenters. The van der Waals surface area contributed by atoms with Crippen molar-refractivity contribution < 1.29 is 14.3 Å². The molecule has 31 heavy (non-hydrogen) atoms. The number of hydrogen-bond acceptors (Lipinski definition) is 7. The summed E-state index contributed by atoms with van der Waals surface area (Å²) in [7, 11) is 0. The quantitative estimate of drug-likeness (QED) is 0.742. The van der Waals surface area contributed by atoms with Crippen LogP contribution in [0, 0.1) is 5.92 Å². The van der Waals surface area contributed by atoms with Gasteiger partial charge in [0.15, 0.2) is 5.82 Å². The van der Waals surface area contributed by atoms with Crippen LogP contribution in [0.1, 0.15) is 19.8 Å². The molecule has 2 aromatic heterocycles. The van der Waals surface area contributed by atoms with E-state index in [1.54, 1.807) is 24.2 Å². The second-order valence-corrected chi connectivity index (χ2v) is 7.79. The number of piperazine rings is 1. The maximum atomic E-state index is 12.9. The molecule has 0 bridgehead atoms. The van der Waals surface area contributed by atoms with Crippen LogP contribution >= 0.6 is 0 Å². The zero-order valence-corrected chi connectivity index (χ0v) is 17.8. The molecule has 2 aliphatic heterocycles. The van der Waals surface area contributed by atoms with E-state index in [1.807, 2.05) is 29.2 Å². The molecule has 0 atom stereocenters. The summed E-state index contributed by atoms with van der Waals surface area (Å²) in [5.74, 6) is 1.05. The number of carbonyl (C=O) groups excluding carboxylic acids is 2. The van der Waals surface area contributed by atoms with E-state index in [0.717, 1.165) is 43.0 Å². The monoisotopic (exact) mass is 424 g/mol. The van der Waals surface area contributed by atoms with E-state index in [2.05, 4.69) is 20.1 Å². The van der Waals surface area contributed by atoms with Crippen LogP contribution in [-0.2, 0) is 9.53 Å². The first-order chi connectivity index (χ1) is 15.2. The Labute approximate surface area is 182 Å². The number of aromatic nitrogens is 3.